The van der Waals surface area contributed by atoms with E-state index >= 15 is 0 Å². The highest BCUT2D eigenvalue weighted by Gasteiger charge is 2.21. The predicted molar refractivity (Wildman–Crippen MR) is 118 cm³/mol. The summed E-state index contributed by atoms with van der Waals surface area (Å²) in [5.74, 6) is 0.963. The number of hydrogen-bond acceptors (Lipinski definition) is 5. The number of nitrogens with one attached hydrogen (secondary N) is 2. The lowest BCUT2D eigenvalue weighted by atomic mass is 10.0. The minimum atomic E-state index is -2.81. The molecule has 2 aromatic rings. The van der Waals surface area contributed by atoms with Crippen LogP contribution in [0.2, 0.25) is 0 Å². The topological polar surface area (TPSA) is 61.8 Å². The minimum absolute atomic E-state index is 0.176. The van der Waals surface area contributed by atoms with E-state index in [9.17, 15) is 8.78 Å². The molecule has 0 radical (unpaired) electrons. The molecule has 1 aliphatic heterocycles. The summed E-state index contributed by atoms with van der Waals surface area (Å²) in [6, 6.07) is 7.07. The summed E-state index contributed by atoms with van der Waals surface area (Å²) in [6.45, 7) is 6.41. The molecule has 0 bridgehead atoms. The number of aryl methyl sites for hydroxylation is 2. The van der Waals surface area contributed by atoms with Crippen LogP contribution in [-0.4, -0.2) is 43.2 Å². The first-order valence-corrected chi connectivity index (χ1v) is 11.0. The fourth-order valence-electron chi connectivity index (χ4n) is 3.43. The van der Waals surface area contributed by atoms with Crippen molar-refractivity contribution in [1.29, 1.82) is 0 Å². The first-order valence-electron chi connectivity index (χ1n) is 10.2. The third-order valence-corrected chi connectivity index (χ3v) is 6.04. The fraction of sp³-hybridized carbons (Fsp3) is 0.524. The summed E-state index contributed by atoms with van der Waals surface area (Å²) < 4.78 is 29.1. The molecule has 0 amide bonds. The Morgan fingerprint density at radius 2 is 2.10 bits per heavy atom. The summed E-state index contributed by atoms with van der Waals surface area (Å²) in [5, 5.41) is 7.86. The molecule has 1 aliphatic rings. The van der Waals surface area contributed by atoms with Crippen LogP contribution in [0, 0.1) is 13.8 Å². The van der Waals surface area contributed by atoms with E-state index < -0.39 is 6.61 Å². The molecule has 1 saturated heterocycles. The van der Waals surface area contributed by atoms with Crippen molar-refractivity contribution in [3.05, 3.63) is 39.8 Å². The molecule has 2 heterocycles. The zero-order valence-electron chi connectivity index (χ0n) is 17.6. The number of guanidine groups is 1. The molecule has 1 atom stereocenters. The van der Waals surface area contributed by atoms with E-state index in [2.05, 4.69) is 32.2 Å². The molecule has 9 heteroatoms. The number of halogens is 2. The number of benzene rings is 1. The standard InChI is InChI=1S/C21H29F2N5OS/c1-4-24-21(25-12-19-26-14(2)15(3)30-19)27-16-6-5-11-28(13-16)17-7-9-18(10-8-17)29-20(22)23/h7-10,16,20H,4-6,11-13H2,1-3H3,(H2,24,25,27). The van der Waals surface area contributed by atoms with E-state index in [1.54, 1.807) is 23.5 Å². The van der Waals surface area contributed by atoms with Gasteiger partial charge in [-0.15, -0.1) is 11.3 Å². The van der Waals surface area contributed by atoms with Crippen LogP contribution in [0.5, 0.6) is 5.75 Å². The van der Waals surface area contributed by atoms with Gasteiger partial charge in [-0.05, 0) is 57.9 Å². The van der Waals surface area contributed by atoms with E-state index in [4.69, 9.17) is 4.99 Å². The van der Waals surface area contributed by atoms with E-state index in [-0.39, 0.29) is 11.8 Å². The highest BCUT2D eigenvalue weighted by molar-refractivity contribution is 7.11. The van der Waals surface area contributed by atoms with Gasteiger partial charge in [-0.25, -0.2) is 9.98 Å². The lowest BCUT2D eigenvalue weighted by molar-refractivity contribution is -0.0498. The number of aliphatic imine (C=N–C) groups is 1. The van der Waals surface area contributed by atoms with Crippen molar-refractivity contribution in [3.8, 4) is 5.75 Å². The number of alkyl halides is 2. The Morgan fingerprint density at radius 1 is 1.33 bits per heavy atom. The second-order valence-electron chi connectivity index (χ2n) is 7.25. The quantitative estimate of drug-likeness (QED) is 0.505. The molecule has 1 aromatic carbocycles. The summed E-state index contributed by atoms with van der Waals surface area (Å²) in [4.78, 5) is 12.7. The monoisotopic (exact) mass is 437 g/mol. The zero-order valence-corrected chi connectivity index (χ0v) is 18.4. The Hall–Kier alpha value is -2.42. The van der Waals surface area contributed by atoms with Crippen molar-refractivity contribution in [3.63, 3.8) is 0 Å². The summed E-state index contributed by atoms with van der Waals surface area (Å²) in [7, 11) is 0. The predicted octanol–water partition coefficient (Wildman–Crippen LogP) is 4.09. The molecule has 6 nitrogen and oxygen atoms in total. The van der Waals surface area contributed by atoms with Gasteiger partial charge in [0.05, 0.1) is 12.2 Å². The summed E-state index contributed by atoms with van der Waals surface area (Å²) in [5.41, 5.74) is 2.06. The summed E-state index contributed by atoms with van der Waals surface area (Å²) in [6.07, 6.45) is 2.08. The molecule has 0 aliphatic carbocycles. The number of thiazole rings is 1. The number of anilines is 1. The largest absolute Gasteiger partial charge is 0.435 e. The van der Waals surface area contributed by atoms with Crippen LogP contribution in [0.1, 0.15) is 35.3 Å². The van der Waals surface area contributed by atoms with E-state index in [1.165, 1.54) is 4.88 Å². The van der Waals surface area contributed by atoms with Crippen LogP contribution >= 0.6 is 11.3 Å². The highest BCUT2D eigenvalue weighted by Crippen LogP contribution is 2.24. The first kappa shape index (κ1) is 22.3. The maximum absolute atomic E-state index is 12.3. The Balaban J connectivity index is 1.60. The Morgan fingerprint density at radius 3 is 2.73 bits per heavy atom. The van der Waals surface area contributed by atoms with Crippen molar-refractivity contribution in [1.82, 2.24) is 15.6 Å². The second kappa shape index (κ2) is 10.6. The van der Waals surface area contributed by atoms with Gasteiger partial charge in [-0.3, -0.25) is 0 Å². The van der Waals surface area contributed by atoms with Crippen LogP contribution < -0.4 is 20.3 Å². The number of piperidine rings is 1. The van der Waals surface area contributed by atoms with Gasteiger partial charge in [0, 0.05) is 36.2 Å². The molecule has 1 fully saturated rings. The SMILES string of the molecule is CCNC(=NCc1nc(C)c(C)s1)NC1CCCN(c2ccc(OC(F)F)cc2)C1. The van der Waals surface area contributed by atoms with Crippen LogP contribution in [0.25, 0.3) is 0 Å². The van der Waals surface area contributed by atoms with E-state index in [1.807, 2.05) is 26.0 Å². The van der Waals surface area contributed by atoms with Gasteiger partial charge < -0.3 is 20.3 Å². The van der Waals surface area contributed by atoms with E-state index in [0.717, 1.165) is 54.8 Å². The molecule has 0 saturated carbocycles. The van der Waals surface area contributed by atoms with Crippen molar-refractivity contribution in [2.45, 2.75) is 52.8 Å². The molecule has 1 aromatic heterocycles. The van der Waals surface area contributed by atoms with E-state index in [0.29, 0.717) is 6.54 Å². The number of ether oxygens (including phenoxy) is 1. The Labute approximate surface area is 180 Å². The molecule has 164 valence electrons. The molecule has 3 rings (SSSR count). The van der Waals surface area contributed by atoms with Crippen molar-refractivity contribution >= 4 is 23.0 Å². The lowest BCUT2D eigenvalue weighted by Gasteiger charge is -2.35. The van der Waals surface area contributed by atoms with Gasteiger partial charge in [-0.1, -0.05) is 0 Å². The average molecular weight is 438 g/mol. The Bertz CT molecular complexity index is 821. The van der Waals surface area contributed by atoms with Crippen molar-refractivity contribution < 1.29 is 13.5 Å². The molecule has 0 spiro atoms. The van der Waals surface area contributed by atoms with Crippen LogP contribution in [-0.2, 0) is 6.54 Å². The van der Waals surface area contributed by atoms with Gasteiger partial charge >= 0.3 is 6.61 Å². The normalized spacial score (nSPS) is 17.3. The third kappa shape index (κ3) is 6.29. The van der Waals surface area contributed by atoms with Gasteiger partial charge in [0.2, 0.25) is 0 Å². The highest BCUT2D eigenvalue weighted by atomic mass is 32.1. The summed E-state index contributed by atoms with van der Waals surface area (Å²) >= 11 is 1.68. The zero-order chi connectivity index (χ0) is 21.5. The molecule has 30 heavy (non-hydrogen) atoms. The second-order valence-corrected chi connectivity index (χ2v) is 8.53. The van der Waals surface area contributed by atoms with Crippen molar-refractivity contribution in [2.24, 2.45) is 4.99 Å². The van der Waals surface area contributed by atoms with Gasteiger partial charge in [0.15, 0.2) is 5.96 Å². The smallest absolute Gasteiger partial charge is 0.387 e. The number of aromatic nitrogens is 1. The maximum Gasteiger partial charge on any atom is 0.387 e. The molecular weight excluding hydrogens is 408 g/mol. The van der Waals surface area contributed by atoms with Crippen LogP contribution in [0.3, 0.4) is 0 Å². The van der Waals surface area contributed by atoms with Crippen LogP contribution in [0.15, 0.2) is 29.3 Å². The Kier molecular flexibility index (Phi) is 7.84. The first-order chi connectivity index (χ1) is 14.4. The molecular formula is C21H29F2N5OS. The van der Waals surface area contributed by atoms with Gasteiger partial charge in [0.1, 0.15) is 10.8 Å². The number of nitrogens with zero attached hydrogens (tertiary/aromatic N) is 3. The van der Waals surface area contributed by atoms with Crippen molar-refractivity contribution in [2.75, 3.05) is 24.5 Å². The number of hydrogen-bond donors (Lipinski definition) is 2. The fourth-order valence-corrected chi connectivity index (χ4v) is 4.29. The number of rotatable bonds is 7. The van der Waals surface area contributed by atoms with Crippen LogP contribution in [0.4, 0.5) is 14.5 Å². The molecule has 1 unspecified atom stereocenters. The molecule has 2 N–H and O–H groups in total. The lowest BCUT2D eigenvalue weighted by Crippen LogP contribution is -2.51. The minimum Gasteiger partial charge on any atom is -0.435 e. The van der Waals surface area contributed by atoms with Gasteiger partial charge in [0.25, 0.3) is 0 Å². The maximum atomic E-state index is 12.3. The van der Waals surface area contributed by atoms with Gasteiger partial charge in [-0.2, -0.15) is 8.78 Å². The third-order valence-electron chi connectivity index (χ3n) is 4.98. The average Bonchev–Trinajstić information content (AvgIpc) is 3.04.